The Kier molecular flexibility index (Phi) is 6.02. The molecule has 114 valence electrons. The minimum Gasteiger partial charge on any atom is -0.496 e. The lowest BCUT2D eigenvalue weighted by molar-refractivity contribution is 0.411. The molecule has 1 N–H and O–H groups in total. The SMILES string of the molecule is COc1ccc(CNC(C)C)cc1CSc1nnc(C)s1. The van der Waals surface area contributed by atoms with E-state index in [0.717, 1.165) is 27.4 Å². The van der Waals surface area contributed by atoms with Crippen molar-refractivity contribution in [3.63, 3.8) is 0 Å². The first-order valence-electron chi connectivity index (χ1n) is 6.90. The van der Waals surface area contributed by atoms with Crippen LogP contribution in [0.2, 0.25) is 0 Å². The van der Waals surface area contributed by atoms with Crippen molar-refractivity contribution in [3.8, 4) is 5.75 Å². The average Bonchev–Trinajstić information content (AvgIpc) is 2.88. The van der Waals surface area contributed by atoms with Gasteiger partial charge in [-0.15, -0.1) is 10.2 Å². The van der Waals surface area contributed by atoms with Crippen molar-refractivity contribution in [2.75, 3.05) is 7.11 Å². The molecule has 0 radical (unpaired) electrons. The number of hydrogen-bond acceptors (Lipinski definition) is 6. The second-order valence-electron chi connectivity index (χ2n) is 5.06. The van der Waals surface area contributed by atoms with Crippen molar-refractivity contribution in [2.24, 2.45) is 0 Å². The summed E-state index contributed by atoms with van der Waals surface area (Å²) in [6.07, 6.45) is 0. The lowest BCUT2D eigenvalue weighted by Gasteiger charge is -2.12. The second-order valence-corrected chi connectivity index (χ2v) is 7.46. The normalized spacial score (nSPS) is 11.1. The highest BCUT2D eigenvalue weighted by Gasteiger charge is 2.08. The molecule has 0 saturated carbocycles. The summed E-state index contributed by atoms with van der Waals surface area (Å²) >= 11 is 3.33. The summed E-state index contributed by atoms with van der Waals surface area (Å²) < 4.78 is 6.45. The standard InChI is InChI=1S/C15H21N3OS2/c1-10(2)16-8-12-5-6-14(19-4)13(7-12)9-20-15-18-17-11(3)21-15/h5-7,10,16H,8-9H2,1-4H3. The fourth-order valence-corrected chi connectivity index (χ4v) is 3.65. The zero-order valence-electron chi connectivity index (χ0n) is 12.8. The quantitative estimate of drug-likeness (QED) is 0.788. The highest BCUT2D eigenvalue weighted by molar-refractivity contribution is 8.00. The summed E-state index contributed by atoms with van der Waals surface area (Å²) in [6.45, 7) is 7.15. The van der Waals surface area contributed by atoms with Gasteiger partial charge in [0.15, 0.2) is 4.34 Å². The van der Waals surface area contributed by atoms with Gasteiger partial charge < -0.3 is 10.1 Å². The van der Waals surface area contributed by atoms with E-state index in [0.29, 0.717) is 6.04 Å². The van der Waals surface area contributed by atoms with Gasteiger partial charge in [0.1, 0.15) is 10.8 Å². The van der Waals surface area contributed by atoms with Crippen LogP contribution < -0.4 is 10.1 Å². The van der Waals surface area contributed by atoms with Gasteiger partial charge in [-0.25, -0.2) is 0 Å². The number of ether oxygens (including phenoxy) is 1. The number of thioether (sulfide) groups is 1. The van der Waals surface area contributed by atoms with Crippen LogP contribution in [0.4, 0.5) is 0 Å². The van der Waals surface area contributed by atoms with Gasteiger partial charge >= 0.3 is 0 Å². The molecule has 4 nitrogen and oxygen atoms in total. The summed E-state index contributed by atoms with van der Waals surface area (Å²) in [7, 11) is 1.71. The van der Waals surface area contributed by atoms with E-state index in [1.165, 1.54) is 11.1 Å². The van der Waals surface area contributed by atoms with Crippen LogP contribution in [0.15, 0.2) is 22.5 Å². The summed E-state index contributed by atoms with van der Waals surface area (Å²) in [5.74, 6) is 1.77. The van der Waals surface area contributed by atoms with E-state index in [-0.39, 0.29) is 0 Å². The van der Waals surface area contributed by atoms with Crippen molar-refractivity contribution < 1.29 is 4.74 Å². The van der Waals surface area contributed by atoms with Crippen molar-refractivity contribution in [1.82, 2.24) is 15.5 Å². The second kappa shape index (κ2) is 7.77. The molecule has 6 heteroatoms. The molecule has 0 unspecified atom stereocenters. The van der Waals surface area contributed by atoms with Crippen LogP contribution in [0.25, 0.3) is 0 Å². The maximum absolute atomic E-state index is 5.45. The number of benzene rings is 1. The van der Waals surface area contributed by atoms with E-state index in [2.05, 4.69) is 41.5 Å². The lowest BCUT2D eigenvalue weighted by atomic mass is 10.1. The van der Waals surface area contributed by atoms with Crippen molar-refractivity contribution in [3.05, 3.63) is 34.3 Å². The van der Waals surface area contributed by atoms with Crippen LogP contribution in [0.1, 0.15) is 30.0 Å². The molecule has 1 aromatic heterocycles. The maximum atomic E-state index is 5.45. The molecule has 0 bridgehead atoms. The van der Waals surface area contributed by atoms with Crippen LogP contribution in [0, 0.1) is 6.92 Å². The topological polar surface area (TPSA) is 47.0 Å². The Bertz CT molecular complexity index is 584. The van der Waals surface area contributed by atoms with Gasteiger partial charge in [-0.05, 0) is 24.6 Å². The van der Waals surface area contributed by atoms with Crippen molar-refractivity contribution >= 4 is 23.1 Å². The van der Waals surface area contributed by atoms with Crippen LogP contribution in [-0.4, -0.2) is 23.3 Å². The highest BCUT2D eigenvalue weighted by Crippen LogP contribution is 2.30. The minimum atomic E-state index is 0.481. The third-order valence-corrected chi connectivity index (χ3v) is 4.94. The molecule has 1 aromatic carbocycles. The number of hydrogen-bond donors (Lipinski definition) is 1. The molecule has 1 heterocycles. The summed E-state index contributed by atoms with van der Waals surface area (Å²) in [4.78, 5) is 0. The number of rotatable bonds is 7. The lowest BCUT2D eigenvalue weighted by Crippen LogP contribution is -2.21. The largest absolute Gasteiger partial charge is 0.496 e. The van der Waals surface area contributed by atoms with E-state index in [9.17, 15) is 0 Å². The Balaban J connectivity index is 2.06. The van der Waals surface area contributed by atoms with E-state index in [1.807, 2.05) is 13.0 Å². The number of methoxy groups -OCH3 is 1. The predicted octanol–water partition coefficient (Wildman–Crippen LogP) is 3.65. The van der Waals surface area contributed by atoms with E-state index in [4.69, 9.17) is 4.74 Å². The molecule has 0 amide bonds. The molecule has 0 saturated heterocycles. The third-order valence-electron chi connectivity index (χ3n) is 2.92. The minimum absolute atomic E-state index is 0.481. The van der Waals surface area contributed by atoms with Gasteiger partial charge in [-0.2, -0.15) is 0 Å². The molecule has 0 aliphatic rings. The Morgan fingerprint density at radius 1 is 1.33 bits per heavy atom. The Hall–Kier alpha value is -1.11. The summed E-state index contributed by atoms with van der Waals surface area (Å²) in [5, 5.41) is 12.6. The molecule has 0 aliphatic carbocycles. The average molecular weight is 323 g/mol. The zero-order chi connectivity index (χ0) is 15.2. The number of nitrogens with one attached hydrogen (secondary N) is 1. The molecular formula is C15H21N3OS2. The summed E-state index contributed by atoms with van der Waals surface area (Å²) in [6, 6.07) is 6.83. The van der Waals surface area contributed by atoms with Gasteiger partial charge in [0.05, 0.1) is 7.11 Å². The monoisotopic (exact) mass is 323 g/mol. The van der Waals surface area contributed by atoms with Crippen LogP contribution in [0.5, 0.6) is 5.75 Å². The Morgan fingerprint density at radius 3 is 2.76 bits per heavy atom. The summed E-state index contributed by atoms with van der Waals surface area (Å²) in [5.41, 5.74) is 2.46. The van der Waals surface area contributed by atoms with E-state index >= 15 is 0 Å². The van der Waals surface area contributed by atoms with Gasteiger partial charge in [0, 0.05) is 23.9 Å². The Labute approximate surface area is 134 Å². The molecule has 0 atom stereocenters. The molecule has 0 fully saturated rings. The van der Waals surface area contributed by atoms with Gasteiger partial charge in [0.25, 0.3) is 0 Å². The predicted molar refractivity (Wildman–Crippen MR) is 89.2 cm³/mol. The number of aromatic nitrogens is 2. The van der Waals surface area contributed by atoms with E-state index in [1.54, 1.807) is 30.2 Å². The first kappa shape index (κ1) is 16.3. The van der Waals surface area contributed by atoms with E-state index < -0.39 is 0 Å². The molecule has 2 rings (SSSR count). The van der Waals surface area contributed by atoms with Gasteiger partial charge in [0.2, 0.25) is 0 Å². The molecule has 0 aliphatic heterocycles. The number of nitrogens with zero attached hydrogens (tertiary/aromatic N) is 2. The Morgan fingerprint density at radius 2 is 2.14 bits per heavy atom. The van der Waals surface area contributed by atoms with Crippen LogP contribution >= 0.6 is 23.1 Å². The highest BCUT2D eigenvalue weighted by atomic mass is 32.2. The fourth-order valence-electron chi connectivity index (χ4n) is 1.85. The molecule has 2 aromatic rings. The first-order chi connectivity index (χ1) is 10.1. The molecule has 0 spiro atoms. The first-order valence-corrected chi connectivity index (χ1v) is 8.70. The maximum Gasteiger partial charge on any atom is 0.174 e. The van der Waals surface area contributed by atoms with Crippen LogP contribution in [-0.2, 0) is 12.3 Å². The van der Waals surface area contributed by atoms with Crippen LogP contribution in [0.3, 0.4) is 0 Å². The smallest absolute Gasteiger partial charge is 0.174 e. The number of aryl methyl sites for hydroxylation is 1. The van der Waals surface area contributed by atoms with Gasteiger partial charge in [-0.3, -0.25) is 0 Å². The van der Waals surface area contributed by atoms with Gasteiger partial charge in [-0.1, -0.05) is 43.0 Å². The fraction of sp³-hybridized carbons (Fsp3) is 0.467. The molecular weight excluding hydrogens is 302 g/mol. The van der Waals surface area contributed by atoms with Crippen molar-refractivity contribution in [1.29, 1.82) is 0 Å². The third kappa shape index (κ3) is 4.98. The molecule has 21 heavy (non-hydrogen) atoms. The van der Waals surface area contributed by atoms with Crippen molar-refractivity contribution in [2.45, 2.75) is 43.5 Å². The zero-order valence-corrected chi connectivity index (χ0v) is 14.5.